The van der Waals surface area contributed by atoms with Gasteiger partial charge in [0.25, 0.3) is 5.91 Å². The number of aliphatic hydroxyl groups is 1. The van der Waals surface area contributed by atoms with Crippen LogP contribution in [0.15, 0.2) is 54.7 Å². The van der Waals surface area contributed by atoms with Crippen LogP contribution in [0.1, 0.15) is 44.3 Å². The van der Waals surface area contributed by atoms with Crippen molar-refractivity contribution in [3.8, 4) is 16.9 Å². The Balaban J connectivity index is 0.968. The van der Waals surface area contributed by atoms with Gasteiger partial charge in [-0.05, 0) is 75.8 Å². The van der Waals surface area contributed by atoms with Gasteiger partial charge in [0, 0.05) is 63.1 Å². The van der Waals surface area contributed by atoms with Crippen LogP contribution in [0.2, 0.25) is 0 Å². The number of nitrogens with zero attached hydrogens (tertiary/aromatic N) is 11. The number of aryl methyl sites for hydroxylation is 1. The topological polar surface area (TPSA) is 163 Å². The molecule has 2 aromatic carbocycles. The summed E-state index contributed by atoms with van der Waals surface area (Å²) in [6, 6.07) is 10.4. The first kappa shape index (κ1) is 39.3. The molecule has 0 spiro atoms. The molecular weight excluding hydrogens is 830 g/mol. The Morgan fingerprint density at radius 1 is 0.922 bits per heavy atom. The first-order valence-electron chi connectivity index (χ1n) is 22.1. The number of anilines is 3. The van der Waals surface area contributed by atoms with Crippen molar-refractivity contribution in [3.05, 3.63) is 78.0 Å². The van der Waals surface area contributed by atoms with E-state index in [1.165, 1.54) is 22.9 Å². The maximum atomic E-state index is 15.5. The molecular formula is C45H45F3N12O4. The van der Waals surface area contributed by atoms with E-state index in [4.69, 9.17) is 24.7 Å². The number of fused-ring (bicyclic) bond motifs is 10. The highest BCUT2D eigenvalue weighted by molar-refractivity contribution is 5.95. The number of carbonyl (C=O) groups is 2. The van der Waals surface area contributed by atoms with Crippen molar-refractivity contribution in [2.75, 3.05) is 54.4 Å². The number of halogens is 3. The summed E-state index contributed by atoms with van der Waals surface area (Å²) in [6.45, 7) is 4.52. The summed E-state index contributed by atoms with van der Waals surface area (Å²) >= 11 is 0. The number of nitrogens with one attached hydrogen (secondary N) is 1. The Morgan fingerprint density at radius 3 is 2.56 bits per heavy atom. The summed E-state index contributed by atoms with van der Waals surface area (Å²) in [6.07, 6.45) is 4.64. The molecule has 4 aromatic heterocycles. The molecule has 19 heteroatoms. The molecule has 7 aliphatic rings. The molecule has 1 saturated carbocycles. The van der Waals surface area contributed by atoms with Crippen LogP contribution >= 0.6 is 0 Å². The van der Waals surface area contributed by atoms with E-state index >= 15 is 13.6 Å². The van der Waals surface area contributed by atoms with Crippen LogP contribution in [-0.2, 0) is 20.9 Å². The second kappa shape index (κ2) is 14.6. The van der Waals surface area contributed by atoms with Gasteiger partial charge in [-0.3, -0.25) is 9.59 Å². The fourth-order valence-electron chi connectivity index (χ4n) is 10.8. The monoisotopic (exact) mass is 874 g/mol. The van der Waals surface area contributed by atoms with Crippen LogP contribution in [0.3, 0.4) is 0 Å². The molecule has 10 heterocycles. The minimum Gasteiger partial charge on any atom is -0.380 e. The normalized spacial score (nSPS) is 25.1. The zero-order valence-electron chi connectivity index (χ0n) is 35.0. The lowest BCUT2D eigenvalue weighted by Gasteiger charge is -2.57. The fraction of sp³-hybridized carbons (Fsp3) is 0.444. The van der Waals surface area contributed by atoms with Gasteiger partial charge in [-0.1, -0.05) is 6.07 Å². The average Bonchev–Trinajstić information content (AvgIpc) is 3.91. The van der Waals surface area contributed by atoms with Crippen LogP contribution in [0.5, 0.6) is 0 Å². The predicted molar refractivity (Wildman–Crippen MR) is 228 cm³/mol. The van der Waals surface area contributed by atoms with Crippen LogP contribution in [-0.4, -0.2) is 136 Å². The Bertz CT molecular complexity index is 2890. The van der Waals surface area contributed by atoms with E-state index in [1.54, 1.807) is 11.1 Å². The van der Waals surface area contributed by atoms with Gasteiger partial charge in [0.2, 0.25) is 11.9 Å². The third-order valence-corrected chi connectivity index (χ3v) is 14.1. The number of hydrogen-bond acceptors (Lipinski definition) is 12. The summed E-state index contributed by atoms with van der Waals surface area (Å²) in [5.74, 6) is -0.373. The Labute approximate surface area is 364 Å². The minimum absolute atomic E-state index is 0.00947. The molecule has 2 unspecified atom stereocenters. The first-order chi connectivity index (χ1) is 31.0. The van der Waals surface area contributed by atoms with E-state index in [9.17, 15) is 14.3 Å². The smallest absolute Gasteiger partial charge is 0.254 e. The molecule has 5 atom stereocenters. The van der Waals surface area contributed by atoms with Crippen molar-refractivity contribution in [1.82, 2.24) is 44.1 Å². The zero-order valence-corrected chi connectivity index (χ0v) is 35.0. The lowest BCUT2D eigenvalue weighted by atomic mass is 9.78. The number of aromatic nitrogens is 7. The highest BCUT2D eigenvalue weighted by Gasteiger charge is 2.52. The van der Waals surface area contributed by atoms with Crippen LogP contribution in [0.25, 0.3) is 39.0 Å². The predicted octanol–water partition coefficient (Wildman–Crippen LogP) is 4.35. The Kier molecular flexibility index (Phi) is 8.96. The van der Waals surface area contributed by atoms with Crippen molar-refractivity contribution >= 4 is 51.5 Å². The van der Waals surface area contributed by atoms with Gasteiger partial charge in [0.1, 0.15) is 46.4 Å². The maximum absolute atomic E-state index is 15.5. The Morgan fingerprint density at radius 2 is 1.77 bits per heavy atom. The number of ether oxygens (including phenoxy) is 1. The second-order valence-electron chi connectivity index (χ2n) is 18.2. The molecule has 6 aromatic rings. The highest BCUT2D eigenvalue weighted by Crippen LogP contribution is 2.42. The van der Waals surface area contributed by atoms with Gasteiger partial charge >= 0.3 is 0 Å². The van der Waals surface area contributed by atoms with Gasteiger partial charge in [0.15, 0.2) is 11.5 Å². The van der Waals surface area contributed by atoms with Crippen LogP contribution in [0, 0.1) is 24.4 Å². The number of pyridine rings is 1. The van der Waals surface area contributed by atoms with Crippen LogP contribution < -0.4 is 15.1 Å². The summed E-state index contributed by atoms with van der Waals surface area (Å²) in [5, 5.41) is 19.5. The van der Waals surface area contributed by atoms with Crippen LogP contribution in [0.4, 0.5) is 30.8 Å². The quantitative estimate of drug-likeness (QED) is 0.258. The highest BCUT2D eigenvalue weighted by atomic mass is 19.1. The standard InChI is InChI=1S/C45H45F3N12O4/c1-24-50-35-15-26(47)13-31-34-5-2-6-38(52-34)51-27-16-37(42(61)55-11-4-12-64-30(22-55)23-57(24)39(31)35)58(19-27)40-32-18-49-60(36-8-7-25(46)14-33(36)48)41(32)54-44(53-40)59-28-17-29(59)21-56(20-28)43(62)45(63)9-3-10-45/h2,5-8,13-15,18,27-30,37,63H,3-4,9-12,16-17,19-23H2,1H3,(H,51,52)/t27-,28?,29?,30+,37-/m0/s1. The van der Waals surface area contributed by atoms with Crippen molar-refractivity contribution in [2.24, 2.45) is 0 Å². The van der Waals surface area contributed by atoms with Crippen molar-refractivity contribution in [1.29, 1.82) is 0 Å². The lowest BCUT2D eigenvalue weighted by molar-refractivity contribution is -0.163. The van der Waals surface area contributed by atoms with Gasteiger partial charge < -0.3 is 39.3 Å². The number of piperazine rings is 1. The number of benzene rings is 2. The van der Waals surface area contributed by atoms with E-state index in [2.05, 4.69) is 15.3 Å². The maximum Gasteiger partial charge on any atom is 0.254 e. The van der Waals surface area contributed by atoms with Crippen molar-refractivity contribution in [3.63, 3.8) is 0 Å². The molecule has 2 N–H and O–H groups in total. The molecule has 5 saturated heterocycles. The molecule has 6 fully saturated rings. The van der Waals surface area contributed by atoms with Crippen molar-refractivity contribution < 1.29 is 32.6 Å². The molecule has 16 nitrogen and oxygen atoms in total. The number of rotatable bonds is 4. The van der Waals surface area contributed by atoms with Gasteiger partial charge in [-0.25, -0.2) is 27.8 Å². The van der Waals surface area contributed by atoms with Gasteiger partial charge in [-0.15, -0.1) is 0 Å². The third kappa shape index (κ3) is 6.29. The van der Waals surface area contributed by atoms with Gasteiger partial charge in [-0.2, -0.15) is 15.1 Å². The molecule has 64 heavy (non-hydrogen) atoms. The van der Waals surface area contributed by atoms with E-state index in [1.807, 2.05) is 39.5 Å². The zero-order chi connectivity index (χ0) is 43.6. The number of piperidine rings is 1. The summed E-state index contributed by atoms with van der Waals surface area (Å²) in [7, 11) is 0. The number of carbonyl (C=O) groups excluding carboxylic acids is 2. The molecule has 0 radical (unpaired) electrons. The second-order valence-corrected chi connectivity index (χ2v) is 18.2. The van der Waals surface area contributed by atoms with Crippen molar-refractivity contribution in [2.45, 2.75) is 87.9 Å². The number of hydrogen-bond donors (Lipinski definition) is 2. The van der Waals surface area contributed by atoms with E-state index < -0.39 is 35.2 Å². The number of imidazole rings is 1. The fourth-order valence-corrected chi connectivity index (χ4v) is 10.8. The number of amides is 2. The molecule has 2 amide bonds. The SMILES string of the molecule is Cc1nc2cc(F)cc3c2n1C[C@H]1CN(CCCO1)C(=O)[C@@H]1C[C@@H](CN1c1nc(N2C4CC2CN(C(=O)C2(O)CCC2)C4)nc2c1cnn2-c1ccc(F)cc1F)Nc1cccc-3n1. The summed E-state index contributed by atoms with van der Waals surface area (Å²) in [4.78, 5) is 56.2. The lowest BCUT2D eigenvalue weighted by Crippen LogP contribution is -2.72. The first-order valence-corrected chi connectivity index (χ1v) is 22.1. The summed E-state index contributed by atoms with van der Waals surface area (Å²) in [5.41, 5.74) is 1.34. The molecule has 8 bridgehead atoms. The van der Waals surface area contributed by atoms with E-state index in [0.717, 1.165) is 30.5 Å². The Hall–Kier alpha value is -6.34. The third-order valence-electron chi connectivity index (χ3n) is 14.1. The molecule has 330 valence electrons. The molecule has 6 aliphatic heterocycles. The minimum atomic E-state index is -1.31. The summed E-state index contributed by atoms with van der Waals surface area (Å²) < 4.78 is 54.8. The largest absolute Gasteiger partial charge is 0.380 e. The molecule has 13 rings (SSSR count). The van der Waals surface area contributed by atoms with Gasteiger partial charge in [0.05, 0.1) is 53.0 Å². The average molecular weight is 875 g/mol. The van der Waals surface area contributed by atoms with E-state index in [0.29, 0.717) is 117 Å². The molecule has 1 aliphatic carbocycles. The van der Waals surface area contributed by atoms with E-state index in [-0.39, 0.29) is 41.3 Å².